The molecule has 1 N–H and O–H groups in total. The molecule has 3 rings (SSSR count). The van der Waals surface area contributed by atoms with Crippen molar-refractivity contribution in [3.8, 4) is 0 Å². The van der Waals surface area contributed by atoms with Crippen LogP contribution < -0.4 is 0 Å². The van der Waals surface area contributed by atoms with E-state index in [9.17, 15) is 9.90 Å². The molecule has 0 bridgehead atoms. The molecule has 1 aromatic rings. The molecule has 2 aliphatic rings. The summed E-state index contributed by atoms with van der Waals surface area (Å²) in [5.74, 6) is 1.05. The Hall–Kier alpha value is -1.11. The lowest BCUT2D eigenvalue weighted by Gasteiger charge is -2.38. The Morgan fingerprint density at radius 1 is 1.47 bits per heavy atom. The van der Waals surface area contributed by atoms with Crippen molar-refractivity contribution < 1.29 is 9.90 Å². The molecule has 7 heteroatoms. The third-order valence-corrected chi connectivity index (χ3v) is 5.07. The third kappa shape index (κ3) is 1.55. The molecule has 1 saturated heterocycles. The summed E-state index contributed by atoms with van der Waals surface area (Å²) in [6, 6.07) is 0. The highest BCUT2D eigenvalue weighted by molar-refractivity contribution is 7.99. The van der Waals surface area contributed by atoms with Crippen molar-refractivity contribution in [1.29, 1.82) is 0 Å². The number of rotatable bonds is 3. The molecule has 1 saturated carbocycles. The molecule has 0 spiro atoms. The first-order valence-corrected chi connectivity index (χ1v) is 6.93. The van der Waals surface area contributed by atoms with Gasteiger partial charge in [0, 0.05) is 0 Å². The summed E-state index contributed by atoms with van der Waals surface area (Å²) in [4.78, 5) is 11.4. The molecular formula is C10H14N4O2S. The minimum atomic E-state index is -0.873. The van der Waals surface area contributed by atoms with Crippen LogP contribution in [0, 0.1) is 0 Å². The zero-order valence-corrected chi connectivity index (χ0v) is 10.2. The second kappa shape index (κ2) is 3.97. The van der Waals surface area contributed by atoms with E-state index in [1.807, 2.05) is 11.8 Å². The first kappa shape index (κ1) is 11.0. The molecule has 6 nitrogen and oxygen atoms in total. The number of hydrogen-bond acceptors (Lipinski definition) is 5. The predicted molar refractivity (Wildman–Crippen MR) is 61.7 cm³/mol. The van der Waals surface area contributed by atoms with Crippen molar-refractivity contribution in [2.24, 2.45) is 0 Å². The normalized spacial score (nSPS) is 26.7. The molecule has 1 aliphatic carbocycles. The van der Waals surface area contributed by atoms with Crippen LogP contribution in [0.3, 0.4) is 0 Å². The van der Waals surface area contributed by atoms with E-state index in [0.29, 0.717) is 12.8 Å². The summed E-state index contributed by atoms with van der Waals surface area (Å²) in [6.07, 6.45) is 4.40. The highest BCUT2D eigenvalue weighted by Gasteiger charge is 2.49. The van der Waals surface area contributed by atoms with Gasteiger partial charge in [-0.3, -0.25) is 0 Å². The smallest absolute Gasteiger partial charge is 0.331 e. The first-order valence-electron chi connectivity index (χ1n) is 5.88. The Bertz CT molecular complexity index is 437. The second-order valence-corrected chi connectivity index (χ2v) is 5.95. The number of hydrogen-bond donors (Lipinski definition) is 1. The Labute approximate surface area is 103 Å². The van der Waals surface area contributed by atoms with Gasteiger partial charge in [-0.25, -0.2) is 9.48 Å². The molecule has 2 heterocycles. The predicted octanol–water partition coefficient (Wildman–Crippen LogP) is 1.20. The Morgan fingerprint density at radius 2 is 2.29 bits per heavy atom. The standard InChI is InChI=1S/C10H14N4O2S/c15-9(16)10(4-2-5-10)14-8(11-12-13-14)7-3-1-6-17-7/h7H,1-6H2,(H,15,16). The SMILES string of the molecule is O=C(O)C1(n2nnnc2C2CCCS2)CCC1. The molecular weight excluding hydrogens is 240 g/mol. The number of aliphatic carboxylic acids is 1. The summed E-state index contributed by atoms with van der Waals surface area (Å²) in [6.45, 7) is 0. The highest BCUT2D eigenvalue weighted by atomic mass is 32.2. The second-order valence-electron chi connectivity index (χ2n) is 4.64. The fourth-order valence-corrected chi connectivity index (χ4v) is 3.76. The van der Waals surface area contributed by atoms with Gasteiger partial charge >= 0.3 is 5.97 Å². The maximum atomic E-state index is 11.4. The molecule has 1 atom stereocenters. The van der Waals surface area contributed by atoms with Gasteiger partial charge in [0.15, 0.2) is 11.4 Å². The summed E-state index contributed by atoms with van der Waals surface area (Å²) in [5, 5.41) is 21.3. The largest absolute Gasteiger partial charge is 0.479 e. The highest BCUT2D eigenvalue weighted by Crippen LogP contribution is 2.44. The van der Waals surface area contributed by atoms with Gasteiger partial charge in [-0.05, 0) is 48.3 Å². The van der Waals surface area contributed by atoms with E-state index in [1.54, 1.807) is 4.68 Å². The molecule has 17 heavy (non-hydrogen) atoms. The number of carbonyl (C=O) groups is 1. The van der Waals surface area contributed by atoms with E-state index in [4.69, 9.17) is 0 Å². The van der Waals surface area contributed by atoms with Crippen LogP contribution in [0.1, 0.15) is 43.2 Å². The van der Waals surface area contributed by atoms with Gasteiger partial charge in [-0.1, -0.05) is 0 Å². The molecule has 92 valence electrons. The van der Waals surface area contributed by atoms with Crippen LogP contribution in [0.15, 0.2) is 0 Å². The van der Waals surface area contributed by atoms with Crippen molar-refractivity contribution in [2.75, 3.05) is 5.75 Å². The quantitative estimate of drug-likeness (QED) is 0.873. The van der Waals surface area contributed by atoms with Gasteiger partial charge in [0.1, 0.15) is 0 Å². The van der Waals surface area contributed by atoms with Crippen LogP contribution in [0.5, 0.6) is 0 Å². The van der Waals surface area contributed by atoms with Crippen molar-refractivity contribution in [2.45, 2.75) is 42.9 Å². The number of nitrogens with zero attached hydrogens (tertiary/aromatic N) is 4. The monoisotopic (exact) mass is 254 g/mol. The maximum Gasteiger partial charge on any atom is 0.331 e. The molecule has 0 radical (unpaired) electrons. The van der Waals surface area contributed by atoms with Crippen molar-refractivity contribution in [3.63, 3.8) is 0 Å². The van der Waals surface area contributed by atoms with Gasteiger partial charge in [0.05, 0.1) is 5.25 Å². The molecule has 1 aromatic heterocycles. The number of carboxylic acids is 1. The Balaban J connectivity index is 1.97. The van der Waals surface area contributed by atoms with E-state index in [1.165, 1.54) is 0 Å². The van der Waals surface area contributed by atoms with Crippen LogP contribution in [0.2, 0.25) is 0 Å². The fourth-order valence-electron chi connectivity index (χ4n) is 2.51. The molecule has 0 amide bonds. The van der Waals surface area contributed by atoms with Crippen LogP contribution in [0.25, 0.3) is 0 Å². The van der Waals surface area contributed by atoms with Gasteiger partial charge < -0.3 is 5.11 Å². The van der Waals surface area contributed by atoms with Crippen molar-refractivity contribution in [1.82, 2.24) is 20.2 Å². The van der Waals surface area contributed by atoms with E-state index >= 15 is 0 Å². The van der Waals surface area contributed by atoms with Crippen LogP contribution in [-0.2, 0) is 10.3 Å². The van der Waals surface area contributed by atoms with Gasteiger partial charge in [0.2, 0.25) is 0 Å². The van der Waals surface area contributed by atoms with Crippen LogP contribution in [0.4, 0.5) is 0 Å². The zero-order chi connectivity index (χ0) is 11.9. The topological polar surface area (TPSA) is 80.9 Å². The minimum absolute atomic E-state index is 0.266. The summed E-state index contributed by atoms with van der Waals surface area (Å²) < 4.78 is 1.57. The molecule has 2 fully saturated rings. The fraction of sp³-hybridized carbons (Fsp3) is 0.800. The minimum Gasteiger partial charge on any atom is -0.479 e. The van der Waals surface area contributed by atoms with Crippen molar-refractivity contribution in [3.05, 3.63) is 5.82 Å². The van der Waals surface area contributed by atoms with E-state index in [-0.39, 0.29) is 5.25 Å². The number of carboxylic acid groups (broad SMARTS) is 1. The zero-order valence-electron chi connectivity index (χ0n) is 9.37. The molecule has 0 aromatic carbocycles. The molecule has 1 unspecified atom stereocenters. The average molecular weight is 254 g/mol. The van der Waals surface area contributed by atoms with E-state index in [2.05, 4.69) is 15.5 Å². The Kier molecular flexibility index (Phi) is 2.57. The van der Waals surface area contributed by atoms with Gasteiger partial charge in [0.25, 0.3) is 0 Å². The number of aromatic nitrogens is 4. The molecule has 1 aliphatic heterocycles. The van der Waals surface area contributed by atoms with Crippen LogP contribution in [-0.4, -0.2) is 37.0 Å². The number of thioether (sulfide) groups is 1. The summed E-state index contributed by atoms with van der Waals surface area (Å²) >= 11 is 1.82. The first-order chi connectivity index (χ1) is 8.24. The lowest BCUT2D eigenvalue weighted by atomic mass is 9.77. The summed E-state index contributed by atoms with van der Waals surface area (Å²) in [7, 11) is 0. The van der Waals surface area contributed by atoms with Gasteiger partial charge in [-0.15, -0.1) is 5.10 Å². The maximum absolute atomic E-state index is 11.4. The third-order valence-electron chi connectivity index (χ3n) is 3.70. The Morgan fingerprint density at radius 3 is 2.82 bits per heavy atom. The van der Waals surface area contributed by atoms with Crippen molar-refractivity contribution >= 4 is 17.7 Å². The van der Waals surface area contributed by atoms with Gasteiger partial charge in [-0.2, -0.15) is 11.8 Å². The average Bonchev–Trinajstić information content (AvgIpc) is 2.82. The lowest BCUT2D eigenvalue weighted by molar-refractivity contribution is -0.153. The van der Waals surface area contributed by atoms with E-state index in [0.717, 1.165) is 30.8 Å². The summed E-state index contributed by atoms with van der Waals surface area (Å²) in [5.41, 5.74) is -0.873. The number of tetrazole rings is 1. The lowest BCUT2D eigenvalue weighted by Crippen LogP contribution is -2.49. The van der Waals surface area contributed by atoms with E-state index < -0.39 is 11.5 Å². The van der Waals surface area contributed by atoms with Crippen LogP contribution >= 0.6 is 11.8 Å².